The fraction of sp³-hybridized carbons (Fsp3) is 0.280. The van der Waals surface area contributed by atoms with Gasteiger partial charge in [0.1, 0.15) is 0 Å². The average molecular weight is 504 g/mol. The van der Waals surface area contributed by atoms with Gasteiger partial charge in [-0.2, -0.15) is 0 Å². The number of nitrogens with zero attached hydrogens (tertiary/aromatic N) is 5. The van der Waals surface area contributed by atoms with E-state index >= 15 is 0 Å². The summed E-state index contributed by atoms with van der Waals surface area (Å²) in [6.45, 7) is 5.09. The predicted octanol–water partition coefficient (Wildman–Crippen LogP) is 4.26. The molecule has 11 heteroatoms. The molecule has 4 heterocycles. The van der Waals surface area contributed by atoms with Crippen molar-refractivity contribution in [2.24, 2.45) is 5.41 Å². The quantitative estimate of drug-likeness (QED) is 0.355. The SMILES string of the molecule is CCNC(=O)Nc1nc2cc(-c3cnc(N4CCC(C)(C(=O)O)C4)nc3)cc(-c3ccccn3)c2s1. The van der Waals surface area contributed by atoms with Gasteiger partial charge in [0.15, 0.2) is 5.13 Å². The second kappa shape index (κ2) is 9.50. The summed E-state index contributed by atoms with van der Waals surface area (Å²) in [5.41, 5.74) is 3.27. The Labute approximate surface area is 211 Å². The van der Waals surface area contributed by atoms with Crippen LogP contribution in [-0.2, 0) is 4.79 Å². The van der Waals surface area contributed by atoms with Gasteiger partial charge in [-0.25, -0.2) is 19.7 Å². The van der Waals surface area contributed by atoms with Gasteiger partial charge in [0.2, 0.25) is 5.95 Å². The Morgan fingerprint density at radius 1 is 1.17 bits per heavy atom. The van der Waals surface area contributed by atoms with Crippen LogP contribution in [0.3, 0.4) is 0 Å². The van der Waals surface area contributed by atoms with Gasteiger partial charge >= 0.3 is 12.0 Å². The number of anilines is 2. The fourth-order valence-corrected chi connectivity index (χ4v) is 5.17. The second-order valence-electron chi connectivity index (χ2n) is 8.90. The molecule has 1 aliphatic rings. The molecule has 0 spiro atoms. The molecule has 0 saturated carbocycles. The van der Waals surface area contributed by atoms with E-state index in [9.17, 15) is 14.7 Å². The third kappa shape index (κ3) is 4.57. The maximum atomic E-state index is 12.0. The highest BCUT2D eigenvalue weighted by molar-refractivity contribution is 7.22. The first kappa shape index (κ1) is 23.6. The maximum absolute atomic E-state index is 12.0. The first-order valence-electron chi connectivity index (χ1n) is 11.6. The Kier molecular flexibility index (Phi) is 6.23. The molecule has 5 rings (SSSR count). The predicted molar refractivity (Wildman–Crippen MR) is 139 cm³/mol. The van der Waals surface area contributed by atoms with Crippen LogP contribution in [0.25, 0.3) is 32.6 Å². The minimum absolute atomic E-state index is 0.305. The van der Waals surface area contributed by atoms with E-state index < -0.39 is 11.4 Å². The number of amides is 2. The van der Waals surface area contributed by atoms with Crippen LogP contribution in [0.15, 0.2) is 48.9 Å². The minimum atomic E-state index is -0.804. The molecule has 10 nitrogen and oxygen atoms in total. The molecule has 0 aliphatic carbocycles. The number of rotatable bonds is 6. The molecule has 1 unspecified atom stereocenters. The molecule has 36 heavy (non-hydrogen) atoms. The first-order chi connectivity index (χ1) is 17.4. The van der Waals surface area contributed by atoms with Gasteiger partial charge in [-0.05, 0) is 50.1 Å². The lowest BCUT2D eigenvalue weighted by molar-refractivity contribution is -0.146. The number of urea groups is 1. The van der Waals surface area contributed by atoms with Crippen molar-refractivity contribution in [3.8, 4) is 22.4 Å². The van der Waals surface area contributed by atoms with Crippen LogP contribution in [-0.4, -0.2) is 56.7 Å². The summed E-state index contributed by atoms with van der Waals surface area (Å²) in [5.74, 6) is -0.293. The van der Waals surface area contributed by atoms with Crippen LogP contribution in [0.2, 0.25) is 0 Å². The third-order valence-electron chi connectivity index (χ3n) is 6.23. The number of pyridine rings is 1. The average Bonchev–Trinajstić information content (AvgIpc) is 3.48. The van der Waals surface area contributed by atoms with Gasteiger partial charge in [-0.1, -0.05) is 17.4 Å². The summed E-state index contributed by atoms with van der Waals surface area (Å²) in [7, 11) is 0. The monoisotopic (exact) mass is 503 g/mol. The number of aromatic nitrogens is 4. The van der Waals surface area contributed by atoms with E-state index in [-0.39, 0.29) is 6.03 Å². The van der Waals surface area contributed by atoms with Crippen molar-refractivity contribution in [2.75, 3.05) is 29.9 Å². The van der Waals surface area contributed by atoms with E-state index in [2.05, 4.69) is 30.6 Å². The van der Waals surface area contributed by atoms with Gasteiger partial charge < -0.3 is 15.3 Å². The summed E-state index contributed by atoms with van der Waals surface area (Å²) >= 11 is 1.39. The molecule has 0 radical (unpaired) electrons. The normalized spacial score (nSPS) is 17.3. The summed E-state index contributed by atoms with van der Waals surface area (Å²) in [5, 5.41) is 15.5. The number of nitrogens with one attached hydrogen (secondary N) is 2. The largest absolute Gasteiger partial charge is 0.481 e. The number of aliphatic carboxylic acids is 1. The van der Waals surface area contributed by atoms with Gasteiger partial charge in [0, 0.05) is 49.4 Å². The van der Waals surface area contributed by atoms with E-state index in [0.717, 1.165) is 32.6 Å². The smallest absolute Gasteiger partial charge is 0.321 e. The van der Waals surface area contributed by atoms with Crippen molar-refractivity contribution < 1.29 is 14.7 Å². The summed E-state index contributed by atoms with van der Waals surface area (Å²) in [4.78, 5) is 43.7. The Balaban J connectivity index is 1.50. The van der Waals surface area contributed by atoms with Crippen LogP contribution in [0.1, 0.15) is 20.3 Å². The standard InChI is InChI=1S/C25H25N7O3S/c1-3-26-23(35)31-24-30-19-11-15(10-17(20(19)36-24)18-6-4-5-8-27-18)16-12-28-22(29-13-16)32-9-7-25(2,14-32)21(33)34/h4-6,8,10-13H,3,7,9,14H2,1-2H3,(H,33,34)(H2,26,30,31,35). The topological polar surface area (TPSA) is 133 Å². The zero-order valence-electron chi connectivity index (χ0n) is 19.9. The number of hydrogen-bond donors (Lipinski definition) is 3. The first-order valence-corrected chi connectivity index (χ1v) is 12.4. The Hall–Kier alpha value is -4.12. The van der Waals surface area contributed by atoms with E-state index in [1.807, 2.05) is 42.2 Å². The molecule has 1 aliphatic heterocycles. The van der Waals surface area contributed by atoms with E-state index in [1.54, 1.807) is 25.5 Å². The minimum Gasteiger partial charge on any atom is -0.481 e. The van der Waals surface area contributed by atoms with Crippen molar-refractivity contribution in [2.45, 2.75) is 20.3 Å². The number of carbonyl (C=O) groups is 2. The van der Waals surface area contributed by atoms with Crippen LogP contribution in [0.5, 0.6) is 0 Å². The van der Waals surface area contributed by atoms with E-state index in [4.69, 9.17) is 0 Å². The molecule has 3 N–H and O–H groups in total. The van der Waals surface area contributed by atoms with Crippen molar-refractivity contribution in [1.82, 2.24) is 25.3 Å². The molecule has 184 valence electrons. The molecule has 3 aromatic heterocycles. The number of benzene rings is 1. The Morgan fingerprint density at radius 2 is 1.97 bits per heavy atom. The molecule has 1 fully saturated rings. The van der Waals surface area contributed by atoms with Gasteiger partial charge in [-0.3, -0.25) is 15.1 Å². The highest BCUT2D eigenvalue weighted by Crippen LogP contribution is 2.38. The lowest BCUT2D eigenvalue weighted by Gasteiger charge is -2.20. The fourth-order valence-electron chi connectivity index (χ4n) is 4.21. The van der Waals surface area contributed by atoms with Crippen LogP contribution in [0, 0.1) is 5.41 Å². The second-order valence-corrected chi connectivity index (χ2v) is 9.90. The highest BCUT2D eigenvalue weighted by atomic mass is 32.1. The van der Waals surface area contributed by atoms with Crippen molar-refractivity contribution >= 4 is 44.6 Å². The van der Waals surface area contributed by atoms with Crippen LogP contribution < -0.4 is 15.5 Å². The molecule has 0 bridgehead atoms. The van der Waals surface area contributed by atoms with E-state index in [1.165, 1.54) is 11.3 Å². The number of carbonyl (C=O) groups excluding carboxylic acids is 1. The Morgan fingerprint density at radius 3 is 2.64 bits per heavy atom. The van der Waals surface area contributed by atoms with Gasteiger partial charge in [0.25, 0.3) is 0 Å². The van der Waals surface area contributed by atoms with Gasteiger partial charge in [0.05, 0.1) is 21.3 Å². The summed E-state index contributed by atoms with van der Waals surface area (Å²) in [6, 6.07) is 9.38. The molecule has 4 aromatic rings. The molecular formula is C25H25N7O3S. The number of carboxylic acids is 1. The van der Waals surface area contributed by atoms with Gasteiger partial charge in [-0.15, -0.1) is 0 Å². The third-order valence-corrected chi connectivity index (χ3v) is 7.25. The number of fused-ring (bicyclic) bond motifs is 1. The lowest BCUT2D eigenvalue weighted by atomic mass is 9.90. The zero-order valence-corrected chi connectivity index (χ0v) is 20.7. The van der Waals surface area contributed by atoms with Crippen LogP contribution >= 0.6 is 11.3 Å². The number of hydrogen-bond acceptors (Lipinski definition) is 8. The van der Waals surface area contributed by atoms with Crippen molar-refractivity contribution in [3.05, 3.63) is 48.9 Å². The summed E-state index contributed by atoms with van der Waals surface area (Å²) < 4.78 is 0.909. The molecular weight excluding hydrogens is 478 g/mol. The maximum Gasteiger partial charge on any atom is 0.321 e. The molecule has 1 atom stereocenters. The molecule has 2 amide bonds. The lowest BCUT2D eigenvalue weighted by Crippen LogP contribution is -2.32. The number of carboxylic acid groups (broad SMARTS) is 1. The Bertz CT molecular complexity index is 1430. The van der Waals surface area contributed by atoms with E-state index in [0.29, 0.717) is 37.1 Å². The summed E-state index contributed by atoms with van der Waals surface area (Å²) in [6.07, 6.45) is 5.76. The highest BCUT2D eigenvalue weighted by Gasteiger charge is 2.41. The molecule has 1 aromatic carbocycles. The van der Waals surface area contributed by atoms with Crippen molar-refractivity contribution in [1.29, 1.82) is 0 Å². The van der Waals surface area contributed by atoms with Crippen molar-refractivity contribution in [3.63, 3.8) is 0 Å². The van der Waals surface area contributed by atoms with Crippen LogP contribution in [0.4, 0.5) is 15.9 Å². The number of thiazole rings is 1. The zero-order chi connectivity index (χ0) is 25.3. The molecule has 1 saturated heterocycles.